The molecule has 0 saturated carbocycles. The SMILES string of the molecule is COC(=O)CC[C@@H]1Nc2ccc(Br)cc2CC1=O.O=C1Cc2cc(Br)ccc2N2C(=O)CC[C@@H]12. The number of rotatable bonds is 3. The van der Waals surface area contributed by atoms with Crippen LogP contribution in [0.1, 0.15) is 36.8 Å². The first-order chi connectivity index (χ1) is 16.3. The lowest BCUT2D eigenvalue weighted by Crippen LogP contribution is -2.43. The summed E-state index contributed by atoms with van der Waals surface area (Å²) in [5.41, 5.74) is 3.82. The predicted molar refractivity (Wildman–Crippen MR) is 135 cm³/mol. The second kappa shape index (κ2) is 10.4. The number of halogens is 2. The molecule has 1 saturated heterocycles. The number of ether oxygens (including phenoxy) is 1. The van der Waals surface area contributed by atoms with Gasteiger partial charge in [-0.1, -0.05) is 31.9 Å². The molecule has 5 rings (SSSR count). The van der Waals surface area contributed by atoms with Crippen molar-refractivity contribution in [2.75, 3.05) is 17.3 Å². The Labute approximate surface area is 214 Å². The number of esters is 1. The van der Waals surface area contributed by atoms with Crippen molar-refractivity contribution in [3.05, 3.63) is 56.5 Å². The van der Waals surface area contributed by atoms with Crippen LogP contribution < -0.4 is 10.2 Å². The van der Waals surface area contributed by atoms with Gasteiger partial charge in [-0.3, -0.25) is 19.2 Å². The molecule has 178 valence electrons. The average Bonchev–Trinajstić information content (AvgIpc) is 3.20. The molecule has 34 heavy (non-hydrogen) atoms. The van der Waals surface area contributed by atoms with Crippen molar-refractivity contribution >= 4 is 66.7 Å². The highest BCUT2D eigenvalue weighted by Gasteiger charge is 2.41. The van der Waals surface area contributed by atoms with E-state index in [2.05, 4.69) is 41.9 Å². The van der Waals surface area contributed by atoms with E-state index in [1.165, 1.54) is 7.11 Å². The second-order valence-corrected chi connectivity index (χ2v) is 10.3. The number of methoxy groups -OCH3 is 1. The van der Waals surface area contributed by atoms with Crippen LogP contribution in [0.3, 0.4) is 0 Å². The van der Waals surface area contributed by atoms with E-state index in [1.807, 2.05) is 36.4 Å². The van der Waals surface area contributed by atoms with Crippen molar-refractivity contribution in [3.63, 3.8) is 0 Å². The molecule has 1 fully saturated rings. The summed E-state index contributed by atoms with van der Waals surface area (Å²) in [6.07, 6.45) is 2.75. The number of nitrogens with zero attached hydrogens (tertiary/aromatic N) is 1. The van der Waals surface area contributed by atoms with E-state index in [0.29, 0.717) is 32.1 Å². The first kappa shape index (κ1) is 24.6. The maximum Gasteiger partial charge on any atom is 0.305 e. The fourth-order valence-electron chi connectivity index (χ4n) is 4.55. The molecular weight excluding hydrogens is 568 g/mol. The zero-order valence-corrected chi connectivity index (χ0v) is 21.8. The van der Waals surface area contributed by atoms with Gasteiger partial charge >= 0.3 is 5.97 Å². The third-order valence-corrected chi connectivity index (χ3v) is 7.25. The normalized spacial score (nSPS) is 20.4. The molecule has 7 nitrogen and oxygen atoms in total. The van der Waals surface area contributed by atoms with Gasteiger partial charge < -0.3 is 15.0 Å². The number of carbonyl (C=O) groups is 4. The number of anilines is 2. The van der Waals surface area contributed by atoms with Crippen LogP contribution >= 0.6 is 31.9 Å². The maximum absolute atomic E-state index is 11.9. The highest BCUT2D eigenvalue weighted by molar-refractivity contribution is 9.10. The molecule has 1 amide bonds. The van der Waals surface area contributed by atoms with Gasteiger partial charge in [0.1, 0.15) is 0 Å². The number of hydrogen-bond donors (Lipinski definition) is 1. The minimum absolute atomic E-state index is 0.0709. The second-order valence-electron chi connectivity index (χ2n) is 8.49. The molecule has 3 heterocycles. The smallest absolute Gasteiger partial charge is 0.305 e. The van der Waals surface area contributed by atoms with Crippen molar-refractivity contribution in [3.8, 4) is 0 Å². The van der Waals surface area contributed by atoms with Gasteiger partial charge in [0.2, 0.25) is 5.91 Å². The fraction of sp³-hybridized carbons (Fsp3) is 0.360. The summed E-state index contributed by atoms with van der Waals surface area (Å²) >= 11 is 6.77. The van der Waals surface area contributed by atoms with Crippen LogP contribution in [0, 0.1) is 0 Å². The van der Waals surface area contributed by atoms with Crippen molar-refractivity contribution in [1.82, 2.24) is 0 Å². The van der Waals surface area contributed by atoms with E-state index in [1.54, 1.807) is 4.90 Å². The van der Waals surface area contributed by atoms with E-state index >= 15 is 0 Å². The highest BCUT2D eigenvalue weighted by atomic mass is 79.9. The number of nitrogens with one attached hydrogen (secondary N) is 1. The van der Waals surface area contributed by atoms with Gasteiger partial charge in [0.05, 0.1) is 19.2 Å². The summed E-state index contributed by atoms with van der Waals surface area (Å²) in [7, 11) is 1.35. The molecular formula is C25H24Br2N2O5. The maximum atomic E-state index is 11.9. The first-order valence-electron chi connectivity index (χ1n) is 11.0. The Morgan fingerprint density at radius 1 is 1.03 bits per heavy atom. The third kappa shape index (κ3) is 5.25. The first-order valence-corrected chi connectivity index (χ1v) is 12.6. The Hall–Kier alpha value is -2.52. The summed E-state index contributed by atoms with van der Waals surface area (Å²) < 4.78 is 6.49. The van der Waals surface area contributed by atoms with Gasteiger partial charge in [-0.15, -0.1) is 0 Å². The van der Waals surface area contributed by atoms with Gasteiger partial charge in [-0.05, 0) is 60.4 Å². The standard InChI is InChI=1S/C13H14BrNO3.C12H10BrNO2/c1-18-13(17)5-4-11-12(16)7-8-6-9(14)2-3-10(8)15-11;13-8-1-2-9-7(5-8)6-11(15)10-3-4-12(16)14(9)10/h2-3,6,11,15H,4-5,7H2,1H3;1-2,5,10H,3-4,6H2/t11-;10-/m00/s1. The number of Topliss-reactive ketones (excluding diaryl/α,β-unsaturated/α-hetero) is 2. The molecule has 0 spiro atoms. The van der Waals surface area contributed by atoms with E-state index in [9.17, 15) is 19.2 Å². The number of carbonyl (C=O) groups excluding carboxylic acids is 4. The zero-order chi connectivity index (χ0) is 24.4. The number of fused-ring (bicyclic) bond motifs is 4. The summed E-state index contributed by atoms with van der Waals surface area (Å²) in [4.78, 5) is 48.3. The van der Waals surface area contributed by atoms with Crippen LogP contribution in [0.5, 0.6) is 0 Å². The summed E-state index contributed by atoms with van der Waals surface area (Å²) in [5.74, 6) is 0.0637. The summed E-state index contributed by atoms with van der Waals surface area (Å²) in [6.45, 7) is 0. The highest BCUT2D eigenvalue weighted by Crippen LogP contribution is 2.36. The molecule has 2 aromatic rings. The molecule has 2 atom stereocenters. The van der Waals surface area contributed by atoms with Crippen LogP contribution in [0.15, 0.2) is 45.3 Å². The van der Waals surface area contributed by atoms with Gasteiger partial charge in [0, 0.05) is 46.0 Å². The van der Waals surface area contributed by atoms with Crippen LogP contribution in [-0.4, -0.2) is 42.6 Å². The molecule has 0 radical (unpaired) electrons. The van der Waals surface area contributed by atoms with Gasteiger partial charge in [0.25, 0.3) is 0 Å². The summed E-state index contributed by atoms with van der Waals surface area (Å²) in [5, 5.41) is 3.18. The van der Waals surface area contributed by atoms with Gasteiger partial charge in [-0.25, -0.2) is 0 Å². The lowest BCUT2D eigenvalue weighted by Gasteiger charge is -2.30. The topological polar surface area (TPSA) is 92.8 Å². The number of benzene rings is 2. The van der Waals surface area contributed by atoms with Gasteiger partial charge in [-0.2, -0.15) is 0 Å². The Balaban J connectivity index is 0.000000162. The minimum Gasteiger partial charge on any atom is -0.469 e. The fourth-order valence-corrected chi connectivity index (χ4v) is 5.37. The summed E-state index contributed by atoms with van der Waals surface area (Å²) in [6, 6.07) is 11.1. The lowest BCUT2D eigenvalue weighted by molar-refractivity contribution is -0.140. The van der Waals surface area contributed by atoms with Crippen molar-refractivity contribution in [2.24, 2.45) is 0 Å². The lowest BCUT2D eigenvalue weighted by atomic mass is 9.94. The molecule has 3 aliphatic heterocycles. The third-order valence-electron chi connectivity index (χ3n) is 6.26. The minimum atomic E-state index is -0.294. The molecule has 1 N–H and O–H groups in total. The zero-order valence-electron chi connectivity index (χ0n) is 18.6. The largest absolute Gasteiger partial charge is 0.469 e. The van der Waals surface area contributed by atoms with Crippen LogP contribution in [-0.2, 0) is 36.8 Å². The molecule has 0 aliphatic carbocycles. The Morgan fingerprint density at radius 2 is 1.71 bits per heavy atom. The number of ketones is 2. The number of hydrogen-bond acceptors (Lipinski definition) is 6. The van der Waals surface area contributed by atoms with E-state index in [0.717, 1.165) is 31.4 Å². The molecule has 0 unspecified atom stereocenters. The Kier molecular flexibility index (Phi) is 7.52. The molecule has 0 aromatic heterocycles. The molecule has 0 bridgehead atoms. The molecule has 3 aliphatic rings. The van der Waals surface area contributed by atoms with Crippen molar-refractivity contribution in [2.45, 2.75) is 50.6 Å². The van der Waals surface area contributed by atoms with Gasteiger partial charge in [0.15, 0.2) is 11.6 Å². The monoisotopic (exact) mass is 590 g/mol. The number of amides is 1. The van der Waals surface area contributed by atoms with E-state index in [-0.39, 0.29) is 41.9 Å². The van der Waals surface area contributed by atoms with E-state index in [4.69, 9.17) is 0 Å². The predicted octanol–water partition coefficient (Wildman–Crippen LogP) is 4.38. The average molecular weight is 592 g/mol. The quantitative estimate of drug-likeness (QED) is 0.533. The van der Waals surface area contributed by atoms with Crippen molar-refractivity contribution < 1.29 is 23.9 Å². The molecule has 9 heteroatoms. The van der Waals surface area contributed by atoms with Crippen molar-refractivity contribution in [1.29, 1.82) is 0 Å². The van der Waals surface area contributed by atoms with Crippen LogP contribution in [0.2, 0.25) is 0 Å². The van der Waals surface area contributed by atoms with E-state index < -0.39 is 0 Å². The Bertz CT molecular complexity index is 1170. The molecule has 2 aromatic carbocycles. The Morgan fingerprint density at radius 3 is 2.44 bits per heavy atom. The van der Waals surface area contributed by atoms with Crippen LogP contribution in [0.4, 0.5) is 11.4 Å². The van der Waals surface area contributed by atoms with Crippen LogP contribution in [0.25, 0.3) is 0 Å².